The van der Waals surface area contributed by atoms with Gasteiger partial charge in [0.25, 0.3) is 0 Å². The lowest BCUT2D eigenvalue weighted by Crippen LogP contribution is -2.39. The quantitative estimate of drug-likeness (QED) is 0.870. The molecule has 1 amide bonds. The molecule has 1 aromatic heterocycles. The Hall–Kier alpha value is -2.24. The molecule has 2 aromatic rings. The smallest absolute Gasteiger partial charge is 0.226 e. The van der Waals surface area contributed by atoms with E-state index >= 15 is 0 Å². The Labute approximate surface area is 128 Å². The Morgan fingerprint density at radius 3 is 2.77 bits per heavy atom. The summed E-state index contributed by atoms with van der Waals surface area (Å²) >= 11 is 0. The van der Waals surface area contributed by atoms with Crippen molar-refractivity contribution in [1.82, 2.24) is 19.7 Å². The standard InChI is InChI=1S/C16H19FN4O/c1-20-11-18-19-16(20)13-5-7-21(8-6-13)15(22)10-12-3-2-4-14(17)9-12/h2-4,9,11,13H,5-8,10H2,1H3. The Kier molecular flexibility index (Phi) is 4.18. The minimum absolute atomic E-state index is 0.0574. The molecule has 2 heterocycles. The van der Waals surface area contributed by atoms with E-state index in [-0.39, 0.29) is 18.1 Å². The number of nitrogens with zero attached hydrogens (tertiary/aromatic N) is 4. The minimum atomic E-state index is -0.300. The maximum Gasteiger partial charge on any atom is 0.226 e. The van der Waals surface area contributed by atoms with E-state index in [1.54, 1.807) is 18.5 Å². The number of benzene rings is 1. The van der Waals surface area contributed by atoms with Crippen LogP contribution in [-0.4, -0.2) is 38.7 Å². The van der Waals surface area contributed by atoms with Crippen molar-refractivity contribution in [2.24, 2.45) is 7.05 Å². The van der Waals surface area contributed by atoms with E-state index in [2.05, 4.69) is 10.2 Å². The summed E-state index contributed by atoms with van der Waals surface area (Å²) in [6, 6.07) is 6.23. The van der Waals surface area contributed by atoms with E-state index in [1.165, 1.54) is 12.1 Å². The number of hydrogen-bond donors (Lipinski definition) is 0. The number of rotatable bonds is 3. The van der Waals surface area contributed by atoms with Crippen LogP contribution in [0.3, 0.4) is 0 Å². The second kappa shape index (κ2) is 6.25. The van der Waals surface area contributed by atoms with Crippen LogP contribution in [0.5, 0.6) is 0 Å². The maximum atomic E-state index is 13.2. The zero-order chi connectivity index (χ0) is 15.5. The molecule has 116 valence electrons. The Morgan fingerprint density at radius 1 is 1.36 bits per heavy atom. The maximum absolute atomic E-state index is 13.2. The molecule has 1 aromatic carbocycles. The van der Waals surface area contributed by atoms with Crippen LogP contribution < -0.4 is 0 Å². The van der Waals surface area contributed by atoms with Crippen LogP contribution in [-0.2, 0) is 18.3 Å². The van der Waals surface area contributed by atoms with Gasteiger partial charge in [0.15, 0.2) is 0 Å². The molecule has 0 saturated carbocycles. The van der Waals surface area contributed by atoms with Crippen LogP contribution in [0.15, 0.2) is 30.6 Å². The second-order valence-corrected chi connectivity index (χ2v) is 5.76. The second-order valence-electron chi connectivity index (χ2n) is 5.76. The SMILES string of the molecule is Cn1cnnc1C1CCN(C(=O)Cc2cccc(F)c2)CC1. The van der Waals surface area contributed by atoms with Crippen LogP contribution in [0.25, 0.3) is 0 Å². The molecule has 0 spiro atoms. The molecule has 0 radical (unpaired) electrons. The fourth-order valence-electron chi connectivity index (χ4n) is 2.98. The van der Waals surface area contributed by atoms with E-state index in [0.29, 0.717) is 19.0 Å². The molecule has 3 rings (SSSR count). The number of halogens is 1. The van der Waals surface area contributed by atoms with Gasteiger partial charge in [0.05, 0.1) is 6.42 Å². The Balaban J connectivity index is 1.57. The van der Waals surface area contributed by atoms with E-state index in [0.717, 1.165) is 24.2 Å². The van der Waals surface area contributed by atoms with Crippen LogP contribution >= 0.6 is 0 Å². The molecule has 0 aliphatic carbocycles. The van der Waals surface area contributed by atoms with Gasteiger partial charge >= 0.3 is 0 Å². The summed E-state index contributed by atoms with van der Waals surface area (Å²) < 4.78 is 15.1. The lowest BCUT2D eigenvalue weighted by molar-refractivity contribution is -0.131. The van der Waals surface area contributed by atoms with Gasteiger partial charge in [-0.3, -0.25) is 4.79 Å². The molecular weight excluding hydrogens is 283 g/mol. The van der Waals surface area contributed by atoms with Gasteiger partial charge in [-0.1, -0.05) is 12.1 Å². The van der Waals surface area contributed by atoms with Crippen molar-refractivity contribution in [3.05, 3.63) is 47.8 Å². The summed E-state index contributed by atoms with van der Waals surface area (Å²) in [6.45, 7) is 1.43. The first-order valence-electron chi connectivity index (χ1n) is 7.49. The fraction of sp³-hybridized carbons (Fsp3) is 0.438. The third-order valence-corrected chi connectivity index (χ3v) is 4.20. The van der Waals surface area contributed by atoms with Crippen molar-refractivity contribution in [2.75, 3.05) is 13.1 Å². The van der Waals surface area contributed by atoms with Gasteiger partial charge in [-0.25, -0.2) is 4.39 Å². The first-order chi connectivity index (χ1) is 10.6. The number of aryl methyl sites for hydroxylation is 1. The van der Waals surface area contributed by atoms with Crippen molar-refractivity contribution >= 4 is 5.91 Å². The number of carbonyl (C=O) groups is 1. The number of aromatic nitrogens is 3. The van der Waals surface area contributed by atoms with E-state index in [1.807, 2.05) is 16.5 Å². The predicted octanol–water partition coefficient (Wildman–Crippen LogP) is 1.90. The highest BCUT2D eigenvalue weighted by atomic mass is 19.1. The summed E-state index contributed by atoms with van der Waals surface area (Å²) in [5.41, 5.74) is 0.723. The van der Waals surface area contributed by atoms with Gasteiger partial charge in [-0.05, 0) is 30.5 Å². The average molecular weight is 302 g/mol. The average Bonchev–Trinajstić information content (AvgIpc) is 2.93. The zero-order valence-electron chi connectivity index (χ0n) is 12.6. The molecule has 1 aliphatic rings. The van der Waals surface area contributed by atoms with E-state index < -0.39 is 0 Å². The fourth-order valence-corrected chi connectivity index (χ4v) is 2.98. The van der Waals surface area contributed by atoms with Gasteiger partial charge in [0.1, 0.15) is 18.0 Å². The van der Waals surface area contributed by atoms with Crippen LogP contribution in [0.4, 0.5) is 4.39 Å². The third kappa shape index (κ3) is 3.16. The minimum Gasteiger partial charge on any atom is -0.342 e. The van der Waals surface area contributed by atoms with Crippen molar-refractivity contribution in [1.29, 1.82) is 0 Å². The van der Waals surface area contributed by atoms with Crippen molar-refractivity contribution in [3.63, 3.8) is 0 Å². The van der Waals surface area contributed by atoms with Crippen LogP contribution in [0.1, 0.15) is 30.1 Å². The Morgan fingerprint density at radius 2 is 2.14 bits per heavy atom. The monoisotopic (exact) mass is 302 g/mol. The van der Waals surface area contributed by atoms with Crippen LogP contribution in [0.2, 0.25) is 0 Å². The highest BCUT2D eigenvalue weighted by molar-refractivity contribution is 5.78. The van der Waals surface area contributed by atoms with Gasteiger partial charge in [-0.2, -0.15) is 0 Å². The normalized spacial score (nSPS) is 16.0. The highest BCUT2D eigenvalue weighted by Gasteiger charge is 2.26. The largest absolute Gasteiger partial charge is 0.342 e. The molecule has 1 aliphatic heterocycles. The summed E-state index contributed by atoms with van der Waals surface area (Å²) in [6.07, 6.45) is 3.74. The summed E-state index contributed by atoms with van der Waals surface area (Å²) in [4.78, 5) is 14.2. The van der Waals surface area contributed by atoms with Gasteiger partial charge in [-0.15, -0.1) is 10.2 Å². The van der Waals surface area contributed by atoms with Crippen molar-refractivity contribution in [3.8, 4) is 0 Å². The highest BCUT2D eigenvalue weighted by Crippen LogP contribution is 2.26. The van der Waals surface area contributed by atoms with Gasteiger partial charge < -0.3 is 9.47 Å². The van der Waals surface area contributed by atoms with Gasteiger partial charge in [0, 0.05) is 26.1 Å². The Bertz CT molecular complexity index is 662. The molecule has 1 fully saturated rings. The molecule has 0 atom stereocenters. The molecule has 0 bridgehead atoms. The predicted molar refractivity (Wildman–Crippen MR) is 79.7 cm³/mol. The van der Waals surface area contributed by atoms with Crippen molar-refractivity contribution in [2.45, 2.75) is 25.2 Å². The summed E-state index contributed by atoms with van der Waals surface area (Å²) in [5, 5.41) is 8.07. The zero-order valence-corrected chi connectivity index (χ0v) is 12.6. The summed E-state index contributed by atoms with van der Waals surface area (Å²) in [5.74, 6) is 1.09. The first kappa shape index (κ1) is 14.7. The summed E-state index contributed by atoms with van der Waals surface area (Å²) in [7, 11) is 1.94. The number of carbonyl (C=O) groups excluding carboxylic acids is 1. The number of amides is 1. The van der Waals surface area contributed by atoms with Crippen LogP contribution in [0, 0.1) is 5.82 Å². The molecule has 0 N–H and O–H groups in total. The van der Waals surface area contributed by atoms with E-state index in [9.17, 15) is 9.18 Å². The molecule has 22 heavy (non-hydrogen) atoms. The lowest BCUT2D eigenvalue weighted by Gasteiger charge is -2.31. The van der Waals surface area contributed by atoms with Gasteiger partial charge in [0.2, 0.25) is 5.91 Å². The molecule has 5 nitrogen and oxygen atoms in total. The van der Waals surface area contributed by atoms with Crippen molar-refractivity contribution < 1.29 is 9.18 Å². The molecule has 6 heteroatoms. The molecular formula is C16H19FN4O. The number of piperidine rings is 1. The number of likely N-dealkylation sites (tertiary alicyclic amines) is 1. The first-order valence-corrected chi connectivity index (χ1v) is 7.49. The topological polar surface area (TPSA) is 51.0 Å². The molecule has 0 unspecified atom stereocenters. The lowest BCUT2D eigenvalue weighted by atomic mass is 9.95. The number of hydrogen-bond acceptors (Lipinski definition) is 3. The third-order valence-electron chi connectivity index (χ3n) is 4.20. The van der Waals surface area contributed by atoms with E-state index in [4.69, 9.17) is 0 Å². The molecule has 1 saturated heterocycles.